The highest BCUT2D eigenvalue weighted by molar-refractivity contribution is 5.94. The Labute approximate surface area is 372 Å². The first kappa shape index (κ1) is 44.0. The number of phenolic OH excluding ortho intramolecular Hbond substituents is 3. The Balaban J connectivity index is 1.51. The summed E-state index contributed by atoms with van der Waals surface area (Å²) in [5.74, 6) is 0.566. The van der Waals surface area contributed by atoms with Crippen LogP contribution in [0.15, 0.2) is 161 Å². The number of aliphatic imine (C=N–C) groups is 3. The molecule has 0 aliphatic heterocycles. The van der Waals surface area contributed by atoms with Crippen LogP contribution in [-0.2, 0) is 16.2 Å². The lowest BCUT2D eigenvalue weighted by Crippen LogP contribution is -2.13. The van der Waals surface area contributed by atoms with Gasteiger partial charge < -0.3 is 15.3 Å². The van der Waals surface area contributed by atoms with Crippen molar-refractivity contribution in [1.29, 1.82) is 0 Å². The molecule has 0 heterocycles. The van der Waals surface area contributed by atoms with E-state index in [0.717, 1.165) is 67.1 Å². The van der Waals surface area contributed by atoms with Gasteiger partial charge in [-0.05, 0) is 141 Å². The van der Waals surface area contributed by atoms with Gasteiger partial charge in [0, 0.05) is 52.0 Å². The van der Waals surface area contributed by atoms with Gasteiger partial charge in [0.15, 0.2) is 0 Å². The minimum atomic E-state index is -0.396. The molecular weight excluding hydrogens is 775 g/mol. The van der Waals surface area contributed by atoms with Crippen molar-refractivity contribution in [1.82, 2.24) is 0 Å². The van der Waals surface area contributed by atoms with E-state index in [9.17, 15) is 15.3 Å². The molecule has 0 bridgehead atoms. The molecule has 3 N–H and O–H groups in total. The molecule has 7 aromatic rings. The molecule has 0 saturated heterocycles. The van der Waals surface area contributed by atoms with E-state index in [0.29, 0.717) is 16.7 Å². The number of para-hydroxylation sites is 3. The van der Waals surface area contributed by atoms with Gasteiger partial charge in [-0.3, -0.25) is 15.0 Å². The van der Waals surface area contributed by atoms with E-state index in [1.54, 1.807) is 18.6 Å². The zero-order chi connectivity index (χ0) is 45.1. The molecule has 318 valence electrons. The highest BCUT2D eigenvalue weighted by Gasteiger charge is 2.26. The molecule has 7 aromatic carbocycles. The van der Waals surface area contributed by atoms with Gasteiger partial charge in [-0.2, -0.15) is 0 Å². The second kappa shape index (κ2) is 17.7. The van der Waals surface area contributed by atoms with Gasteiger partial charge in [-0.15, -0.1) is 0 Å². The fraction of sp³-hybridized carbons (Fsp3) is 0.211. The molecule has 0 aliphatic carbocycles. The molecular formula is C57H57N3O3. The predicted molar refractivity (Wildman–Crippen MR) is 265 cm³/mol. The summed E-state index contributed by atoms with van der Waals surface area (Å²) >= 11 is 0. The number of nitrogens with zero attached hydrogens (tertiary/aromatic N) is 3. The molecule has 0 spiro atoms. The molecule has 0 unspecified atom stereocenters. The first-order valence-electron chi connectivity index (χ1n) is 21.4. The van der Waals surface area contributed by atoms with Crippen molar-refractivity contribution >= 4 is 35.7 Å². The molecule has 0 aliphatic rings. The summed E-state index contributed by atoms with van der Waals surface area (Å²) in [7, 11) is 0. The predicted octanol–water partition coefficient (Wildman–Crippen LogP) is 14.9. The topological polar surface area (TPSA) is 97.8 Å². The van der Waals surface area contributed by atoms with Gasteiger partial charge in [0.25, 0.3) is 0 Å². The lowest BCUT2D eigenvalue weighted by Gasteiger charge is -2.24. The second-order valence-electron chi connectivity index (χ2n) is 19.2. The monoisotopic (exact) mass is 831 g/mol. The van der Waals surface area contributed by atoms with E-state index in [1.807, 2.05) is 109 Å². The molecule has 0 fully saturated rings. The molecule has 6 nitrogen and oxygen atoms in total. The Hall–Kier alpha value is -7.05. The Morgan fingerprint density at radius 2 is 0.540 bits per heavy atom. The zero-order valence-electron chi connectivity index (χ0n) is 37.8. The van der Waals surface area contributed by atoms with Crippen molar-refractivity contribution < 1.29 is 15.3 Å². The number of benzene rings is 7. The maximum atomic E-state index is 11.8. The smallest absolute Gasteiger partial charge is 0.128 e. The van der Waals surface area contributed by atoms with E-state index >= 15 is 0 Å². The summed E-state index contributed by atoms with van der Waals surface area (Å²) in [5, 5.41) is 35.3. The van der Waals surface area contributed by atoms with Crippen LogP contribution in [0.1, 0.15) is 95.7 Å². The van der Waals surface area contributed by atoms with Crippen molar-refractivity contribution in [3.05, 3.63) is 179 Å². The zero-order valence-corrected chi connectivity index (χ0v) is 37.8. The Morgan fingerprint density at radius 3 is 0.762 bits per heavy atom. The van der Waals surface area contributed by atoms with Crippen LogP contribution in [0.4, 0.5) is 17.1 Å². The van der Waals surface area contributed by atoms with Crippen LogP contribution in [0, 0.1) is 0 Å². The standard InChI is InChI=1S/C57H57N3O3/c1-55(2,3)49-31-40(28-43(52(49)61)34-58-46-19-13-10-14-20-46)37-25-38(41-29-44(35-59-47-21-15-11-16-22-47)53(62)50(32-41)56(4,5)6)27-39(26-37)42-30-45(36-60-48-23-17-12-18-24-48)54(63)51(33-42)57(7,8)9/h10-36,61-63H,1-9H3. The van der Waals surface area contributed by atoms with Gasteiger partial charge in [-0.25, -0.2) is 0 Å². The maximum Gasteiger partial charge on any atom is 0.128 e. The van der Waals surface area contributed by atoms with Gasteiger partial charge in [0.1, 0.15) is 17.2 Å². The second-order valence-corrected chi connectivity index (χ2v) is 19.2. The third-order valence-corrected chi connectivity index (χ3v) is 11.1. The van der Waals surface area contributed by atoms with E-state index in [1.165, 1.54) is 0 Å². The van der Waals surface area contributed by atoms with Gasteiger partial charge in [0.2, 0.25) is 0 Å². The summed E-state index contributed by atoms with van der Waals surface area (Å²) in [6, 6.07) is 47.8. The van der Waals surface area contributed by atoms with Crippen molar-refractivity contribution in [2.24, 2.45) is 15.0 Å². The molecule has 0 radical (unpaired) electrons. The number of phenols is 3. The van der Waals surface area contributed by atoms with Crippen LogP contribution in [0.2, 0.25) is 0 Å². The van der Waals surface area contributed by atoms with Crippen LogP contribution in [0.3, 0.4) is 0 Å². The lowest BCUT2D eigenvalue weighted by atomic mass is 9.81. The van der Waals surface area contributed by atoms with Crippen LogP contribution in [0.5, 0.6) is 17.2 Å². The van der Waals surface area contributed by atoms with Crippen LogP contribution >= 0.6 is 0 Å². The number of hydrogen-bond acceptors (Lipinski definition) is 6. The lowest BCUT2D eigenvalue weighted by molar-refractivity contribution is 0.445. The minimum Gasteiger partial charge on any atom is -0.507 e. The van der Waals surface area contributed by atoms with E-state index in [4.69, 9.17) is 15.0 Å². The Morgan fingerprint density at radius 1 is 0.317 bits per heavy atom. The highest BCUT2D eigenvalue weighted by Crippen LogP contribution is 2.44. The number of aromatic hydroxyl groups is 3. The summed E-state index contributed by atoms with van der Waals surface area (Å²) in [6.07, 6.45) is 5.20. The molecule has 63 heavy (non-hydrogen) atoms. The summed E-state index contributed by atoms with van der Waals surface area (Å²) in [4.78, 5) is 14.2. The first-order valence-corrected chi connectivity index (χ1v) is 21.4. The summed E-state index contributed by atoms with van der Waals surface area (Å²) < 4.78 is 0. The normalized spacial score (nSPS) is 12.5. The third kappa shape index (κ3) is 10.4. The average molecular weight is 832 g/mol. The minimum absolute atomic E-state index is 0.189. The average Bonchev–Trinajstić information content (AvgIpc) is 3.25. The van der Waals surface area contributed by atoms with Crippen molar-refractivity contribution in [3.8, 4) is 50.6 Å². The van der Waals surface area contributed by atoms with Crippen LogP contribution in [0.25, 0.3) is 33.4 Å². The van der Waals surface area contributed by atoms with Crippen LogP contribution in [-0.4, -0.2) is 34.0 Å². The molecule has 0 atom stereocenters. The molecule has 0 aromatic heterocycles. The highest BCUT2D eigenvalue weighted by atomic mass is 16.3. The third-order valence-electron chi connectivity index (χ3n) is 11.1. The number of rotatable bonds is 9. The fourth-order valence-corrected chi connectivity index (χ4v) is 7.58. The van der Waals surface area contributed by atoms with Gasteiger partial charge >= 0.3 is 0 Å². The first-order chi connectivity index (χ1) is 29.8. The largest absolute Gasteiger partial charge is 0.507 e. The molecule has 7 rings (SSSR count). The molecule has 0 saturated carbocycles. The van der Waals surface area contributed by atoms with Gasteiger partial charge in [-0.1, -0.05) is 117 Å². The molecule has 0 amide bonds. The molecule has 6 heteroatoms. The van der Waals surface area contributed by atoms with E-state index < -0.39 is 16.2 Å². The quantitative estimate of drug-likeness (QED) is 0.126. The van der Waals surface area contributed by atoms with Crippen molar-refractivity contribution in [2.45, 2.75) is 78.6 Å². The van der Waals surface area contributed by atoms with Gasteiger partial charge in [0.05, 0.1) is 17.1 Å². The summed E-state index contributed by atoms with van der Waals surface area (Å²) in [5.41, 5.74) is 10.8. The van der Waals surface area contributed by atoms with Crippen molar-refractivity contribution in [2.75, 3.05) is 0 Å². The Kier molecular flexibility index (Phi) is 12.4. The summed E-state index contributed by atoms with van der Waals surface area (Å²) in [6.45, 7) is 18.9. The SMILES string of the molecule is CC(C)(C)c1cc(-c2cc(-c3cc(C=Nc4ccccc4)c(O)c(C(C)(C)C)c3)cc(-c3cc(C=Nc4ccccc4)c(O)c(C(C)(C)C)c3)c2)cc(C=Nc2ccccc2)c1O. The Bertz CT molecular complexity index is 2520. The van der Waals surface area contributed by atoms with Crippen molar-refractivity contribution in [3.63, 3.8) is 0 Å². The number of hydrogen-bond donors (Lipinski definition) is 3. The van der Waals surface area contributed by atoms with E-state index in [2.05, 4.69) is 98.7 Å². The van der Waals surface area contributed by atoms with E-state index in [-0.39, 0.29) is 17.2 Å². The van der Waals surface area contributed by atoms with Crippen LogP contribution < -0.4 is 0 Å². The maximum absolute atomic E-state index is 11.8. The fourth-order valence-electron chi connectivity index (χ4n) is 7.58.